The minimum atomic E-state index is -1.28. The summed E-state index contributed by atoms with van der Waals surface area (Å²) in [5, 5.41) is 19.8. The summed E-state index contributed by atoms with van der Waals surface area (Å²) < 4.78 is 0. The predicted octanol–water partition coefficient (Wildman–Crippen LogP) is 0.545. The Kier molecular flexibility index (Phi) is 5.45. The number of aromatic nitrogens is 1. The first-order valence-electron chi connectivity index (χ1n) is 5.80. The van der Waals surface area contributed by atoms with E-state index in [0.29, 0.717) is 5.69 Å². The summed E-state index contributed by atoms with van der Waals surface area (Å²) in [6, 6.07) is 1.38. The fourth-order valence-electron chi connectivity index (χ4n) is 1.44. The lowest BCUT2D eigenvalue weighted by Crippen LogP contribution is -2.47. The maximum atomic E-state index is 11.9. The van der Waals surface area contributed by atoms with Gasteiger partial charge < -0.3 is 15.5 Å². The van der Waals surface area contributed by atoms with Gasteiger partial charge in [-0.05, 0) is 18.6 Å². The molecule has 0 aromatic carbocycles. The maximum absolute atomic E-state index is 11.9. The first-order chi connectivity index (χ1) is 9.41. The highest BCUT2D eigenvalue weighted by molar-refractivity contribution is 5.93. The third-order valence-electron chi connectivity index (χ3n) is 2.58. The van der Waals surface area contributed by atoms with Gasteiger partial charge in [-0.2, -0.15) is 0 Å². The molecule has 1 rings (SSSR count). The number of carboxylic acid groups (broad SMARTS) is 2. The molecule has 0 saturated heterocycles. The second kappa shape index (κ2) is 7.07. The highest BCUT2D eigenvalue weighted by atomic mass is 16.4. The molecule has 0 aliphatic rings. The SMILES string of the molecule is CN(C(=O)N[C@@H](CCC(=O)O)C(=O)O)c1cccnc1. The van der Waals surface area contributed by atoms with Crippen LogP contribution in [0.5, 0.6) is 0 Å². The Morgan fingerprint density at radius 3 is 2.60 bits per heavy atom. The van der Waals surface area contributed by atoms with Crippen LogP contribution in [0.2, 0.25) is 0 Å². The van der Waals surface area contributed by atoms with Crippen molar-refractivity contribution in [3.8, 4) is 0 Å². The molecule has 8 heteroatoms. The standard InChI is InChI=1S/C12H15N3O5/c1-15(8-3-2-6-13-7-8)12(20)14-9(11(18)19)4-5-10(16)17/h2-3,6-7,9H,4-5H2,1H3,(H,14,20)(H,16,17)(H,18,19)/t9-/m0/s1. The van der Waals surface area contributed by atoms with Crippen molar-refractivity contribution in [3.63, 3.8) is 0 Å². The molecule has 0 aliphatic carbocycles. The minimum Gasteiger partial charge on any atom is -0.481 e. The molecule has 0 radical (unpaired) electrons. The van der Waals surface area contributed by atoms with Crippen LogP contribution < -0.4 is 10.2 Å². The number of anilines is 1. The van der Waals surface area contributed by atoms with E-state index in [1.54, 1.807) is 18.3 Å². The Labute approximate surface area is 115 Å². The number of aliphatic carboxylic acids is 2. The molecule has 0 bridgehead atoms. The molecular formula is C12H15N3O5. The normalized spacial score (nSPS) is 11.4. The van der Waals surface area contributed by atoms with E-state index in [0.717, 1.165) is 0 Å². The number of rotatable bonds is 6. The van der Waals surface area contributed by atoms with Crippen LogP contribution in [0.1, 0.15) is 12.8 Å². The van der Waals surface area contributed by atoms with Crippen LogP contribution in [0, 0.1) is 0 Å². The number of nitrogens with one attached hydrogen (secondary N) is 1. The van der Waals surface area contributed by atoms with E-state index in [2.05, 4.69) is 10.3 Å². The van der Waals surface area contributed by atoms with Gasteiger partial charge in [0.15, 0.2) is 0 Å². The number of pyridine rings is 1. The van der Waals surface area contributed by atoms with Crippen LogP contribution >= 0.6 is 0 Å². The van der Waals surface area contributed by atoms with Crippen LogP contribution in [0.3, 0.4) is 0 Å². The molecule has 1 aromatic rings. The Balaban J connectivity index is 2.66. The quantitative estimate of drug-likeness (QED) is 0.700. The average Bonchev–Trinajstić information content (AvgIpc) is 2.42. The molecule has 108 valence electrons. The van der Waals surface area contributed by atoms with Crippen molar-refractivity contribution in [3.05, 3.63) is 24.5 Å². The van der Waals surface area contributed by atoms with Gasteiger partial charge in [0.2, 0.25) is 0 Å². The summed E-state index contributed by atoms with van der Waals surface area (Å²) in [5.41, 5.74) is 0.493. The number of nitrogens with zero attached hydrogens (tertiary/aromatic N) is 2. The van der Waals surface area contributed by atoms with Crippen molar-refractivity contribution in [1.82, 2.24) is 10.3 Å². The van der Waals surface area contributed by atoms with Crippen molar-refractivity contribution in [2.45, 2.75) is 18.9 Å². The Morgan fingerprint density at radius 1 is 1.40 bits per heavy atom. The Hall–Kier alpha value is -2.64. The molecule has 3 N–H and O–H groups in total. The highest BCUT2D eigenvalue weighted by Crippen LogP contribution is 2.09. The zero-order valence-corrected chi connectivity index (χ0v) is 10.8. The number of amides is 2. The summed E-state index contributed by atoms with van der Waals surface area (Å²) in [7, 11) is 1.46. The second-order valence-electron chi connectivity index (χ2n) is 4.04. The third kappa shape index (κ3) is 4.56. The molecule has 8 nitrogen and oxygen atoms in total. The van der Waals surface area contributed by atoms with Crippen LogP contribution in [-0.2, 0) is 9.59 Å². The molecule has 1 heterocycles. The monoisotopic (exact) mass is 281 g/mol. The maximum Gasteiger partial charge on any atom is 0.326 e. The lowest BCUT2D eigenvalue weighted by Gasteiger charge is -2.20. The zero-order valence-electron chi connectivity index (χ0n) is 10.8. The predicted molar refractivity (Wildman–Crippen MR) is 69.5 cm³/mol. The Morgan fingerprint density at radius 2 is 2.10 bits per heavy atom. The van der Waals surface area contributed by atoms with Gasteiger partial charge in [-0.1, -0.05) is 0 Å². The van der Waals surface area contributed by atoms with Crippen LogP contribution in [0.15, 0.2) is 24.5 Å². The summed E-state index contributed by atoms with van der Waals surface area (Å²) in [5.74, 6) is -2.40. The van der Waals surface area contributed by atoms with Gasteiger partial charge in [0, 0.05) is 19.7 Å². The lowest BCUT2D eigenvalue weighted by molar-refractivity contribution is -0.140. The van der Waals surface area contributed by atoms with E-state index < -0.39 is 24.0 Å². The number of urea groups is 1. The Bertz CT molecular complexity index is 491. The molecule has 1 atom stereocenters. The first-order valence-corrected chi connectivity index (χ1v) is 5.80. The van der Waals surface area contributed by atoms with Crippen molar-refractivity contribution >= 4 is 23.7 Å². The molecular weight excluding hydrogens is 266 g/mol. The summed E-state index contributed by atoms with van der Waals surface area (Å²) >= 11 is 0. The number of hydrogen-bond acceptors (Lipinski definition) is 4. The fraction of sp³-hybridized carbons (Fsp3) is 0.333. The molecule has 2 amide bonds. The van der Waals surface area contributed by atoms with Gasteiger partial charge in [0.25, 0.3) is 0 Å². The van der Waals surface area contributed by atoms with Crippen molar-refractivity contribution in [2.75, 3.05) is 11.9 Å². The lowest BCUT2D eigenvalue weighted by atomic mass is 10.1. The van der Waals surface area contributed by atoms with E-state index in [4.69, 9.17) is 10.2 Å². The van der Waals surface area contributed by atoms with Crippen LogP contribution in [-0.4, -0.2) is 46.3 Å². The van der Waals surface area contributed by atoms with Gasteiger partial charge in [0.1, 0.15) is 6.04 Å². The number of hydrogen-bond donors (Lipinski definition) is 3. The topological polar surface area (TPSA) is 120 Å². The van der Waals surface area contributed by atoms with Crippen LogP contribution in [0.25, 0.3) is 0 Å². The number of carbonyl (C=O) groups excluding carboxylic acids is 1. The summed E-state index contributed by atoms with van der Waals surface area (Å²) in [6.45, 7) is 0. The minimum absolute atomic E-state index is 0.183. The van der Waals surface area contributed by atoms with Crippen molar-refractivity contribution in [2.24, 2.45) is 0 Å². The van der Waals surface area contributed by atoms with Crippen molar-refractivity contribution < 1.29 is 24.6 Å². The van der Waals surface area contributed by atoms with Crippen molar-refractivity contribution in [1.29, 1.82) is 0 Å². The molecule has 0 saturated carbocycles. The van der Waals surface area contributed by atoms with Gasteiger partial charge in [-0.25, -0.2) is 9.59 Å². The smallest absolute Gasteiger partial charge is 0.326 e. The van der Waals surface area contributed by atoms with Gasteiger partial charge in [-0.15, -0.1) is 0 Å². The van der Waals surface area contributed by atoms with E-state index in [-0.39, 0.29) is 12.8 Å². The molecule has 0 unspecified atom stereocenters. The van der Waals surface area contributed by atoms with E-state index >= 15 is 0 Å². The van der Waals surface area contributed by atoms with E-state index in [1.807, 2.05) is 0 Å². The molecule has 1 aromatic heterocycles. The number of carboxylic acids is 2. The zero-order chi connectivity index (χ0) is 15.1. The first kappa shape index (κ1) is 15.4. The molecule has 0 fully saturated rings. The summed E-state index contributed by atoms with van der Waals surface area (Å²) in [4.78, 5) is 38.3. The van der Waals surface area contributed by atoms with E-state index in [9.17, 15) is 14.4 Å². The highest BCUT2D eigenvalue weighted by Gasteiger charge is 2.23. The fourth-order valence-corrected chi connectivity index (χ4v) is 1.44. The molecule has 0 aliphatic heterocycles. The third-order valence-corrected chi connectivity index (χ3v) is 2.58. The van der Waals surface area contributed by atoms with Crippen LogP contribution in [0.4, 0.5) is 10.5 Å². The summed E-state index contributed by atoms with van der Waals surface area (Å²) in [6.07, 6.45) is 2.47. The van der Waals surface area contributed by atoms with E-state index in [1.165, 1.54) is 18.1 Å². The molecule has 20 heavy (non-hydrogen) atoms. The van der Waals surface area contributed by atoms with Gasteiger partial charge >= 0.3 is 18.0 Å². The van der Waals surface area contributed by atoms with Gasteiger partial charge in [-0.3, -0.25) is 14.7 Å². The number of carbonyl (C=O) groups is 3. The second-order valence-corrected chi connectivity index (χ2v) is 4.04. The van der Waals surface area contributed by atoms with Gasteiger partial charge in [0.05, 0.1) is 11.9 Å². The largest absolute Gasteiger partial charge is 0.481 e. The average molecular weight is 281 g/mol. The molecule has 0 spiro atoms.